The van der Waals surface area contributed by atoms with E-state index in [2.05, 4.69) is 27.4 Å². The molecule has 0 aromatic rings. The van der Waals surface area contributed by atoms with E-state index >= 15 is 0 Å². The fourth-order valence-electron chi connectivity index (χ4n) is 2.30. The molecule has 0 aromatic heterocycles. The summed E-state index contributed by atoms with van der Waals surface area (Å²) < 4.78 is 4.84. The van der Waals surface area contributed by atoms with Gasteiger partial charge in [-0.1, -0.05) is 85.1 Å². The van der Waals surface area contributed by atoms with E-state index in [-0.39, 0.29) is 5.97 Å². The summed E-state index contributed by atoms with van der Waals surface area (Å²) >= 11 is 0. The molecule has 0 bridgehead atoms. The molecule has 0 saturated carbocycles. The van der Waals surface area contributed by atoms with Gasteiger partial charge in [0.1, 0.15) is 0 Å². The van der Waals surface area contributed by atoms with Crippen molar-refractivity contribution in [1.82, 2.24) is 0 Å². The van der Waals surface area contributed by atoms with Gasteiger partial charge < -0.3 is 9.84 Å². The van der Waals surface area contributed by atoms with Gasteiger partial charge in [0.25, 0.3) is 0 Å². The molecule has 0 atom stereocenters. The quantitative estimate of drug-likeness (QED) is 0.217. The number of esters is 1. The second-order valence-electron chi connectivity index (χ2n) is 6.88. The molecular weight excluding hydrogens is 316 g/mol. The first-order valence-corrected chi connectivity index (χ1v) is 9.95. The first-order valence-electron chi connectivity index (χ1n) is 9.95. The molecular formula is C21H40O4. The second-order valence-corrected chi connectivity index (χ2v) is 6.88. The van der Waals surface area contributed by atoms with Crippen molar-refractivity contribution in [2.24, 2.45) is 5.92 Å². The van der Waals surface area contributed by atoms with Gasteiger partial charge in [-0.15, -0.1) is 0 Å². The minimum atomic E-state index is -0.663. The molecule has 0 aromatic carbocycles. The lowest BCUT2D eigenvalue weighted by atomic mass is 10.1. The summed E-state index contributed by atoms with van der Waals surface area (Å²) in [7, 11) is 0. The first kappa shape index (κ1) is 25.9. The number of hydrogen-bond donors (Lipinski definition) is 1. The van der Waals surface area contributed by atoms with E-state index in [1.54, 1.807) is 0 Å². The summed E-state index contributed by atoms with van der Waals surface area (Å²) in [4.78, 5) is 20.7. The molecule has 0 saturated heterocycles. The van der Waals surface area contributed by atoms with Gasteiger partial charge in [-0.2, -0.15) is 0 Å². The van der Waals surface area contributed by atoms with Gasteiger partial charge in [-0.3, -0.25) is 4.79 Å². The maximum Gasteiger partial charge on any atom is 0.330 e. The molecule has 0 unspecified atom stereocenters. The monoisotopic (exact) mass is 356 g/mol. The fourth-order valence-corrected chi connectivity index (χ4v) is 2.30. The molecule has 0 fully saturated rings. The second kappa shape index (κ2) is 20.7. The molecule has 1 N–H and O–H groups in total. The molecule has 0 amide bonds. The number of carboxylic acids is 1. The molecule has 0 aliphatic rings. The normalized spacial score (nSPS) is 10.1. The molecule has 0 radical (unpaired) electrons. The van der Waals surface area contributed by atoms with E-state index in [1.807, 2.05) is 0 Å². The Morgan fingerprint density at radius 3 is 2.04 bits per heavy atom. The minimum absolute atomic E-state index is 0.316. The van der Waals surface area contributed by atoms with Crippen LogP contribution in [0.1, 0.15) is 97.8 Å². The summed E-state index contributed by atoms with van der Waals surface area (Å²) in [5.74, 6) is -0.205. The predicted molar refractivity (Wildman–Crippen MR) is 105 cm³/mol. The molecule has 0 rings (SSSR count). The lowest BCUT2D eigenvalue weighted by Gasteiger charge is -2.04. The van der Waals surface area contributed by atoms with Gasteiger partial charge in [0, 0.05) is 12.5 Å². The number of carbonyl (C=O) groups excluding carboxylic acids is 1. The van der Waals surface area contributed by atoms with Crippen LogP contribution in [-0.4, -0.2) is 23.7 Å². The van der Waals surface area contributed by atoms with Crippen molar-refractivity contribution in [1.29, 1.82) is 0 Å². The number of rotatable bonds is 15. The van der Waals surface area contributed by atoms with Crippen LogP contribution in [0.4, 0.5) is 0 Å². The van der Waals surface area contributed by atoms with Crippen molar-refractivity contribution in [2.75, 3.05) is 6.61 Å². The van der Waals surface area contributed by atoms with Crippen LogP contribution < -0.4 is 0 Å². The van der Waals surface area contributed by atoms with Crippen molar-refractivity contribution in [3.63, 3.8) is 0 Å². The lowest BCUT2D eigenvalue weighted by Crippen LogP contribution is -2.01. The SMILES string of the molecule is C=CC(=O)OCCCCCC(C)C.CCCCCCCCCC(=O)O. The van der Waals surface area contributed by atoms with Crippen LogP contribution in [0.3, 0.4) is 0 Å². The van der Waals surface area contributed by atoms with Crippen molar-refractivity contribution in [3.8, 4) is 0 Å². The van der Waals surface area contributed by atoms with Crippen LogP contribution in [0.5, 0.6) is 0 Å². The van der Waals surface area contributed by atoms with Crippen LogP contribution in [0, 0.1) is 5.92 Å². The third-order valence-corrected chi connectivity index (χ3v) is 3.83. The van der Waals surface area contributed by atoms with E-state index in [0.29, 0.717) is 13.0 Å². The Labute approximate surface area is 155 Å². The molecule has 4 nitrogen and oxygen atoms in total. The van der Waals surface area contributed by atoms with E-state index in [9.17, 15) is 9.59 Å². The van der Waals surface area contributed by atoms with E-state index in [0.717, 1.165) is 31.6 Å². The summed E-state index contributed by atoms with van der Waals surface area (Å²) in [6.45, 7) is 10.5. The summed E-state index contributed by atoms with van der Waals surface area (Å²) in [5.41, 5.74) is 0. The average molecular weight is 357 g/mol. The number of aliphatic carboxylic acids is 1. The maximum atomic E-state index is 10.6. The molecule has 0 heterocycles. The fraction of sp³-hybridized carbons (Fsp3) is 0.810. The van der Waals surface area contributed by atoms with E-state index < -0.39 is 5.97 Å². The van der Waals surface area contributed by atoms with Crippen LogP contribution in [0.25, 0.3) is 0 Å². The smallest absolute Gasteiger partial charge is 0.330 e. The Hall–Kier alpha value is -1.32. The van der Waals surface area contributed by atoms with Gasteiger partial charge in [0.05, 0.1) is 6.61 Å². The maximum absolute atomic E-state index is 10.6. The topological polar surface area (TPSA) is 63.6 Å². The largest absolute Gasteiger partial charge is 0.481 e. The highest BCUT2D eigenvalue weighted by molar-refractivity contribution is 5.81. The van der Waals surface area contributed by atoms with Crippen molar-refractivity contribution in [2.45, 2.75) is 97.8 Å². The van der Waals surface area contributed by atoms with Gasteiger partial charge >= 0.3 is 11.9 Å². The number of unbranched alkanes of at least 4 members (excludes halogenated alkanes) is 8. The highest BCUT2D eigenvalue weighted by atomic mass is 16.5. The minimum Gasteiger partial charge on any atom is -0.481 e. The zero-order valence-corrected chi connectivity index (χ0v) is 16.7. The van der Waals surface area contributed by atoms with Crippen LogP contribution >= 0.6 is 0 Å². The summed E-state index contributed by atoms with van der Waals surface area (Å²) in [5, 5.41) is 8.35. The Balaban J connectivity index is 0. The number of hydrogen-bond acceptors (Lipinski definition) is 3. The standard InChI is InChI=1S/C11H20O2.C10H20O2/c1-4-11(12)13-9-7-5-6-8-10(2)3;1-2-3-4-5-6-7-8-9-10(11)12/h4,10H,1,5-9H2,2-3H3;2-9H2,1H3,(H,11,12). The third-order valence-electron chi connectivity index (χ3n) is 3.83. The molecule has 0 spiro atoms. The van der Waals surface area contributed by atoms with E-state index in [4.69, 9.17) is 9.84 Å². The van der Waals surface area contributed by atoms with Crippen LogP contribution in [0.2, 0.25) is 0 Å². The third kappa shape index (κ3) is 27.8. The Bertz CT molecular complexity index is 324. The molecule has 148 valence electrons. The molecule has 4 heteroatoms. The highest BCUT2D eigenvalue weighted by Crippen LogP contribution is 2.08. The lowest BCUT2D eigenvalue weighted by molar-refractivity contribution is -0.138. The summed E-state index contributed by atoms with van der Waals surface area (Å²) in [6, 6.07) is 0. The first-order chi connectivity index (χ1) is 11.9. The van der Waals surface area contributed by atoms with Crippen molar-refractivity contribution >= 4 is 11.9 Å². The number of carboxylic acid groups (broad SMARTS) is 1. The Morgan fingerprint density at radius 2 is 1.52 bits per heavy atom. The van der Waals surface area contributed by atoms with Crippen LogP contribution in [-0.2, 0) is 14.3 Å². The zero-order chi connectivity index (χ0) is 19.3. The Morgan fingerprint density at radius 1 is 0.960 bits per heavy atom. The van der Waals surface area contributed by atoms with Gasteiger partial charge in [-0.05, 0) is 18.8 Å². The van der Waals surface area contributed by atoms with Gasteiger partial charge in [0.15, 0.2) is 0 Å². The molecule has 25 heavy (non-hydrogen) atoms. The highest BCUT2D eigenvalue weighted by Gasteiger charge is 1.97. The average Bonchev–Trinajstić information content (AvgIpc) is 2.57. The van der Waals surface area contributed by atoms with E-state index in [1.165, 1.54) is 51.0 Å². The van der Waals surface area contributed by atoms with Gasteiger partial charge in [-0.25, -0.2) is 4.79 Å². The predicted octanol–water partition coefficient (Wildman–Crippen LogP) is 6.14. The number of ether oxygens (including phenoxy) is 1. The van der Waals surface area contributed by atoms with Crippen LogP contribution in [0.15, 0.2) is 12.7 Å². The van der Waals surface area contributed by atoms with Crippen molar-refractivity contribution < 1.29 is 19.4 Å². The number of carbonyl (C=O) groups is 2. The zero-order valence-electron chi connectivity index (χ0n) is 16.7. The van der Waals surface area contributed by atoms with Crippen molar-refractivity contribution in [3.05, 3.63) is 12.7 Å². The summed E-state index contributed by atoms with van der Waals surface area (Å²) in [6.07, 6.45) is 14.4. The molecule has 0 aliphatic heterocycles. The van der Waals surface area contributed by atoms with Gasteiger partial charge in [0.2, 0.25) is 0 Å². The Kier molecular flexibility index (Phi) is 21.5. The molecule has 0 aliphatic carbocycles.